The molecular formula is C15H26BrN3. The molecule has 1 fully saturated rings. The van der Waals surface area contributed by atoms with E-state index in [0.717, 1.165) is 16.6 Å². The van der Waals surface area contributed by atoms with Crippen molar-refractivity contribution in [2.45, 2.75) is 64.3 Å². The van der Waals surface area contributed by atoms with E-state index in [1.54, 1.807) is 0 Å². The van der Waals surface area contributed by atoms with Crippen molar-refractivity contribution >= 4 is 15.9 Å². The molecule has 1 unspecified atom stereocenters. The fourth-order valence-electron chi connectivity index (χ4n) is 3.21. The number of rotatable bonds is 3. The molecule has 0 saturated heterocycles. The fraction of sp³-hybridized carbons (Fsp3) is 0.800. The number of nitrogens with two attached hydrogens (primary N) is 1. The third kappa shape index (κ3) is 3.82. The summed E-state index contributed by atoms with van der Waals surface area (Å²) >= 11 is 3.64. The largest absolute Gasteiger partial charge is 0.327 e. The lowest BCUT2D eigenvalue weighted by molar-refractivity contribution is 0.319. The van der Waals surface area contributed by atoms with Crippen LogP contribution in [0.5, 0.6) is 0 Å². The molecule has 0 radical (unpaired) electrons. The molecule has 1 aliphatic rings. The van der Waals surface area contributed by atoms with Crippen LogP contribution in [0.15, 0.2) is 4.47 Å². The number of nitrogens with zero attached hydrogens (tertiary/aromatic N) is 2. The fourth-order valence-corrected chi connectivity index (χ4v) is 3.71. The maximum atomic E-state index is 6.49. The molecule has 1 aliphatic carbocycles. The summed E-state index contributed by atoms with van der Waals surface area (Å²) in [6.45, 7) is 2.04. The average molecular weight is 328 g/mol. The maximum absolute atomic E-state index is 6.49. The van der Waals surface area contributed by atoms with Crippen LogP contribution in [0.1, 0.15) is 56.3 Å². The van der Waals surface area contributed by atoms with Gasteiger partial charge in [-0.05, 0) is 41.6 Å². The van der Waals surface area contributed by atoms with E-state index in [4.69, 9.17) is 5.73 Å². The van der Waals surface area contributed by atoms with Gasteiger partial charge in [0.1, 0.15) is 0 Å². The summed E-state index contributed by atoms with van der Waals surface area (Å²) in [7, 11) is 2.01. The Bertz CT molecular complexity index is 406. The Morgan fingerprint density at radius 2 is 1.84 bits per heavy atom. The Hall–Kier alpha value is -0.350. The lowest BCUT2D eigenvalue weighted by Gasteiger charge is -2.26. The van der Waals surface area contributed by atoms with E-state index < -0.39 is 0 Å². The molecule has 1 aromatic rings. The average Bonchev–Trinajstić information content (AvgIpc) is 2.55. The topological polar surface area (TPSA) is 43.8 Å². The highest BCUT2D eigenvalue weighted by Crippen LogP contribution is 2.28. The molecule has 1 heterocycles. The molecule has 3 nitrogen and oxygen atoms in total. The number of aromatic nitrogens is 2. The van der Waals surface area contributed by atoms with Crippen LogP contribution in [0.4, 0.5) is 0 Å². The second-order valence-electron chi connectivity index (χ2n) is 5.94. The van der Waals surface area contributed by atoms with Crippen molar-refractivity contribution < 1.29 is 0 Å². The molecule has 0 aromatic carbocycles. The minimum absolute atomic E-state index is 0.268. The van der Waals surface area contributed by atoms with Gasteiger partial charge in [-0.1, -0.05) is 32.1 Å². The van der Waals surface area contributed by atoms with E-state index in [9.17, 15) is 0 Å². The van der Waals surface area contributed by atoms with Gasteiger partial charge in [0.15, 0.2) is 0 Å². The maximum Gasteiger partial charge on any atom is 0.0738 e. The number of aryl methyl sites for hydroxylation is 2. The van der Waals surface area contributed by atoms with Crippen LogP contribution in [-0.4, -0.2) is 15.8 Å². The van der Waals surface area contributed by atoms with Crippen LogP contribution in [0, 0.1) is 12.8 Å². The molecule has 0 amide bonds. The van der Waals surface area contributed by atoms with Crippen molar-refractivity contribution in [2.24, 2.45) is 18.7 Å². The van der Waals surface area contributed by atoms with Crippen molar-refractivity contribution in [3.8, 4) is 0 Å². The SMILES string of the molecule is Cc1nn(C)c(CC(N)C2CCCCCCC2)c1Br. The molecule has 1 aromatic heterocycles. The van der Waals surface area contributed by atoms with Crippen molar-refractivity contribution in [1.82, 2.24) is 9.78 Å². The Morgan fingerprint density at radius 3 is 2.37 bits per heavy atom. The van der Waals surface area contributed by atoms with E-state index in [2.05, 4.69) is 21.0 Å². The lowest BCUT2D eigenvalue weighted by Crippen LogP contribution is -2.33. The first kappa shape index (κ1) is 15.0. The normalized spacial score (nSPS) is 20.0. The van der Waals surface area contributed by atoms with Gasteiger partial charge in [-0.2, -0.15) is 5.10 Å². The predicted molar refractivity (Wildman–Crippen MR) is 83.1 cm³/mol. The van der Waals surface area contributed by atoms with E-state index in [-0.39, 0.29) is 6.04 Å². The second kappa shape index (κ2) is 6.89. The quantitative estimate of drug-likeness (QED) is 0.919. The van der Waals surface area contributed by atoms with Crippen LogP contribution in [0.3, 0.4) is 0 Å². The Labute approximate surface area is 125 Å². The first-order valence-electron chi connectivity index (χ1n) is 7.53. The Kier molecular flexibility index (Phi) is 5.46. The van der Waals surface area contributed by atoms with E-state index in [1.807, 2.05) is 18.7 Å². The van der Waals surface area contributed by atoms with Crippen molar-refractivity contribution in [2.75, 3.05) is 0 Å². The van der Waals surface area contributed by atoms with E-state index in [1.165, 1.54) is 50.6 Å². The van der Waals surface area contributed by atoms with Gasteiger partial charge in [0, 0.05) is 19.5 Å². The van der Waals surface area contributed by atoms with Gasteiger partial charge in [-0.3, -0.25) is 4.68 Å². The van der Waals surface area contributed by atoms with E-state index >= 15 is 0 Å². The summed E-state index contributed by atoms with van der Waals surface area (Å²) < 4.78 is 3.11. The van der Waals surface area contributed by atoms with Crippen molar-refractivity contribution in [1.29, 1.82) is 0 Å². The molecule has 2 N–H and O–H groups in total. The highest BCUT2D eigenvalue weighted by Gasteiger charge is 2.22. The summed E-state index contributed by atoms with van der Waals surface area (Å²) in [5.74, 6) is 0.683. The smallest absolute Gasteiger partial charge is 0.0738 e. The van der Waals surface area contributed by atoms with Crippen LogP contribution >= 0.6 is 15.9 Å². The van der Waals surface area contributed by atoms with E-state index in [0.29, 0.717) is 5.92 Å². The molecule has 19 heavy (non-hydrogen) atoms. The number of halogens is 1. The third-order valence-corrected chi connectivity index (χ3v) is 5.48. The zero-order chi connectivity index (χ0) is 13.8. The highest BCUT2D eigenvalue weighted by atomic mass is 79.9. The number of hydrogen-bond donors (Lipinski definition) is 1. The standard InChI is InChI=1S/C15H26BrN3/c1-11-15(16)14(19(2)18-11)10-13(17)12-8-6-4-3-5-7-9-12/h12-13H,3-10,17H2,1-2H3. The van der Waals surface area contributed by atoms with Crippen LogP contribution in [0.2, 0.25) is 0 Å². The number of hydrogen-bond acceptors (Lipinski definition) is 2. The summed E-state index contributed by atoms with van der Waals surface area (Å²) in [5.41, 5.74) is 8.79. The molecular weight excluding hydrogens is 302 g/mol. The molecule has 0 aliphatic heterocycles. The zero-order valence-corrected chi connectivity index (χ0v) is 13.7. The minimum atomic E-state index is 0.268. The first-order chi connectivity index (χ1) is 9.09. The van der Waals surface area contributed by atoms with Gasteiger partial charge >= 0.3 is 0 Å². The predicted octanol–water partition coefficient (Wildman–Crippen LogP) is 3.72. The molecule has 1 saturated carbocycles. The Balaban J connectivity index is 2.00. The highest BCUT2D eigenvalue weighted by molar-refractivity contribution is 9.10. The monoisotopic (exact) mass is 327 g/mol. The Morgan fingerprint density at radius 1 is 1.26 bits per heavy atom. The van der Waals surface area contributed by atoms with Gasteiger partial charge in [-0.15, -0.1) is 0 Å². The molecule has 4 heteroatoms. The first-order valence-corrected chi connectivity index (χ1v) is 8.32. The summed E-state index contributed by atoms with van der Waals surface area (Å²) in [6, 6.07) is 0.268. The van der Waals surface area contributed by atoms with Gasteiger partial charge < -0.3 is 5.73 Å². The lowest BCUT2D eigenvalue weighted by atomic mass is 9.84. The van der Waals surface area contributed by atoms with Crippen molar-refractivity contribution in [3.05, 3.63) is 15.9 Å². The molecule has 1 atom stereocenters. The molecule has 0 bridgehead atoms. The van der Waals surface area contributed by atoms with Crippen LogP contribution < -0.4 is 5.73 Å². The summed E-state index contributed by atoms with van der Waals surface area (Å²) in [6.07, 6.45) is 10.4. The van der Waals surface area contributed by atoms with Crippen LogP contribution in [0.25, 0.3) is 0 Å². The minimum Gasteiger partial charge on any atom is -0.327 e. The summed E-state index contributed by atoms with van der Waals surface area (Å²) in [4.78, 5) is 0. The second-order valence-corrected chi connectivity index (χ2v) is 6.74. The van der Waals surface area contributed by atoms with Gasteiger partial charge in [-0.25, -0.2) is 0 Å². The zero-order valence-electron chi connectivity index (χ0n) is 12.2. The summed E-state index contributed by atoms with van der Waals surface area (Å²) in [5, 5.41) is 4.46. The van der Waals surface area contributed by atoms with Gasteiger partial charge in [0.05, 0.1) is 15.9 Å². The molecule has 108 valence electrons. The molecule has 0 spiro atoms. The van der Waals surface area contributed by atoms with Gasteiger partial charge in [0.2, 0.25) is 0 Å². The van der Waals surface area contributed by atoms with Crippen molar-refractivity contribution in [3.63, 3.8) is 0 Å². The van der Waals surface area contributed by atoms with Crippen LogP contribution in [-0.2, 0) is 13.5 Å². The third-order valence-electron chi connectivity index (χ3n) is 4.45. The van der Waals surface area contributed by atoms with Gasteiger partial charge in [0.25, 0.3) is 0 Å². The molecule has 2 rings (SSSR count).